The van der Waals surface area contributed by atoms with Gasteiger partial charge in [-0.15, -0.1) is 0 Å². The van der Waals surface area contributed by atoms with E-state index in [0.29, 0.717) is 0 Å². The first-order valence-electron chi connectivity index (χ1n) is 1.33. The number of rotatable bonds is 0. The molecule has 13 heteroatoms. The van der Waals surface area contributed by atoms with E-state index in [-0.39, 0.29) is 130 Å². The van der Waals surface area contributed by atoms with Crippen molar-refractivity contribution in [3.63, 3.8) is 0 Å². The van der Waals surface area contributed by atoms with E-state index in [1.165, 1.54) is 0 Å². The van der Waals surface area contributed by atoms with Crippen molar-refractivity contribution in [2.75, 3.05) is 0 Å². The van der Waals surface area contributed by atoms with Crippen LogP contribution in [0.15, 0.2) is 0 Å². The van der Waals surface area contributed by atoms with Gasteiger partial charge in [-0.05, 0) is 0 Å². The van der Waals surface area contributed by atoms with Crippen molar-refractivity contribution in [2.24, 2.45) is 0 Å². The van der Waals surface area contributed by atoms with Crippen molar-refractivity contribution < 1.29 is 138 Å². The van der Waals surface area contributed by atoms with E-state index in [9.17, 15) is 0 Å². The Morgan fingerprint density at radius 1 is 0.615 bits per heavy atom. The average Bonchev–Trinajstić information content (AvgIpc) is 1.12. The van der Waals surface area contributed by atoms with Crippen molar-refractivity contribution >= 4 is 48.1 Å². The van der Waals surface area contributed by atoms with Crippen molar-refractivity contribution in [1.29, 1.82) is 0 Å². The summed E-state index contributed by atoms with van der Waals surface area (Å²) in [5.74, 6) is 0. The normalized spacial score (nSPS) is 8.92. The third-order valence-electron chi connectivity index (χ3n) is 0. The van der Waals surface area contributed by atoms with Gasteiger partial charge in [-0.25, -0.2) is 0 Å². The third kappa shape index (κ3) is 200. The van der Waals surface area contributed by atoms with Crippen molar-refractivity contribution in [3.8, 4) is 0 Å². The van der Waals surface area contributed by atoms with E-state index in [2.05, 4.69) is 0 Å². The molecule has 0 rings (SSSR count). The van der Waals surface area contributed by atoms with E-state index >= 15 is 0 Å². The molecular formula is K2O8PbS2. The smallest absolute Gasteiger partial charge is 0.759 e. The minimum absolute atomic E-state index is 0. The predicted molar refractivity (Wildman–Crippen MR) is 26.7 cm³/mol. The van der Waals surface area contributed by atoms with Gasteiger partial charge in [-0.2, -0.15) is 0 Å². The van der Waals surface area contributed by atoms with Crippen LogP contribution in [0, 0.1) is 0 Å². The molecule has 66 valence electrons. The van der Waals surface area contributed by atoms with Gasteiger partial charge in [0.15, 0.2) is 0 Å². The maximum atomic E-state index is 8.52. The molecule has 0 saturated heterocycles. The fourth-order valence-corrected chi connectivity index (χ4v) is 0. The first kappa shape index (κ1) is 30.2. The zero-order valence-corrected chi connectivity index (χ0v) is 18.3. The molecule has 0 fully saturated rings. The second-order valence-corrected chi connectivity index (χ2v) is 2.45. The molecule has 0 aromatic heterocycles. The van der Waals surface area contributed by atoms with Crippen LogP contribution in [0.25, 0.3) is 0 Å². The summed E-state index contributed by atoms with van der Waals surface area (Å²) < 4.78 is 68.2. The SMILES string of the molecule is O=S(=O)([O-])[O-].O=S(=O)([O-])[O-].[K+].[K+].[Pb+2]. The number of hydrogen-bond donors (Lipinski definition) is 0. The van der Waals surface area contributed by atoms with Crippen molar-refractivity contribution in [1.82, 2.24) is 0 Å². The van der Waals surface area contributed by atoms with Crippen LogP contribution in [0.4, 0.5) is 0 Å². The van der Waals surface area contributed by atoms with E-state index in [1.807, 2.05) is 0 Å². The van der Waals surface area contributed by atoms with E-state index in [1.54, 1.807) is 0 Å². The molecule has 0 heterocycles. The molecule has 0 aliphatic carbocycles. The molecule has 0 aromatic rings. The summed E-state index contributed by atoms with van der Waals surface area (Å²) in [6.45, 7) is 0. The maximum absolute atomic E-state index is 8.52. The van der Waals surface area contributed by atoms with Crippen LogP contribution in [0.1, 0.15) is 0 Å². The van der Waals surface area contributed by atoms with Crippen LogP contribution < -0.4 is 103 Å². The van der Waals surface area contributed by atoms with Crippen LogP contribution in [0.2, 0.25) is 0 Å². The molecule has 8 nitrogen and oxygen atoms in total. The molecule has 0 spiro atoms. The Kier molecular flexibility index (Phi) is 32.5. The van der Waals surface area contributed by atoms with Gasteiger partial charge in [-0.3, -0.25) is 16.8 Å². The van der Waals surface area contributed by atoms with Crippen LogP contribution in [0.5, 0.6) is 0 Å². The van der Waals surface area contributed by atoms with Gasteiger partial charge in [0.05, 0.1) is 0 Å². The summed E-state index contributed by atoms with van der Waals surface area (Å²) in [5, 5.41) is 0. The van der Waals surface area contributed by atoms with Gasteiger partial charge in [0.1, 0.15) is 0 Å². The van der Waals surface area contributed by atoms with Gasteiger partial charge >= 0.3 is 130 Å². The van der Waals surface area contributed by atoms with Crippen LogP contribution in [-0.4, -0.2) is 62.3 Å². The molecular weight excluding hydrogens is 478 g/mol. The first-order chi connectivity index (χ1) is 4.00. The Morgan fingerprint density at radius 3 is 0.615 bits per heavy atom. The summed E-state index contributed by atoms with van der Waals surface area (Å²) in [7, 11) is -10.3. The third-order valence-corrected chi connectivity index (χ3v) is 0. The molecule has 0 amide bonds. The van der Waals surface area contributed by atoms with Gasteiger partial charge in [0, 0.05) is 20.8 Å². The second-order valence-electron chi connectivity index (χ2n) is 0.816. The van der Waals surface area contributed by atoms with E-state index in [0.717, 1.165) is 0 Å². The van der Waals surface area contributed by atoms with Gasteiger partial charge in [0.25, 0.3) is 0 Å². The minimum Gasteiger partial charge on any atom is -0.759 e. The van der Waals surface area contributed by atoms with Gasteiger partial charge < -0.3 is 18.2 Å². The first-order valence-corrected chi connectivity index (χ1v) is 4.00. The molecule has 0 aliphatic rings. The van der Waals surface area contributed by atoms with E-state index < -0.39 is 20.8 Å². The fraction of sp³-hybridized carbons (Fsp3) is 0. The molecule has 0 unspecified atom stereocenters. The minimum atomic E-state index is -5.17. The Labute approximate surface area is 181 Å². The van der Waals surface area contributed by atoms with E-state index in [4.69, 9.17) is 35.0 Å². The topological polar surface area (TPSA) is 161 Å². The van der Waals surface area contributed by atoms with Crippen LogP contribution in [0.3, 0.4) is 0 Å². The molecule has 13 heavy (non-hydrogen) atoms. The summed E-state index contributed by atoms with van der Waals surface area (Å²) in [4.78, 5) is 0. The molecule has 0 atom stereocenters. The van der Waals surface area contributed by atoms with Crippen LogP contribution in [-0.2, 0) is 20.8 Å². The monoisotopic (exact) mass is 478 g/mol. The maximum Gasteiger partial charge on any atom is 2.00 e. The Hall–Kier alpha value is 3.93. The van der Waals surface area contributed by atoms with Crippen molar-refractivity contribution in [3.05, 3.63) is 0 Å². The summed E-state index contributed by atoms with van der Waals surface area (Å²) in [6, 6.07) is 0. The molecule has 0 aromatic carbocycles. The molecule has 0 saturated carbocycles. The zero-order chi connectivity index (χ0) is 9.00. The Bertz CT molecular complexity index is 217. The summed E-state index contributed by atoms with van der Waals surface area (Å²) in [6.07, 6.45) is 0. The second kappa shape index (κ2) is 14.0. The van der Waals surface area contributed by atoms with Crippen molar-refractivity contribution in [2.45, 2.75) is 0 Å². The fourth-order valence-electron chi connectivity index (χ4n) is 0. The summed E-state index contributed by atoms with van der Waals surface area (Å²) in [5.41, 5.74) is 0. The zero-order valence-electron chi connectivity index (χ0n) is 6.58. The Balaban J connectivity index is -0.0000000267. The molecule has 0 aliphatic heterocycles. The van der Waals surface area contributed by atoms with Gasteiger partial charge in [0.2, 0.25) is 0 Å². The largest absolute Gasteiger partial charge is 2.00 e. The average molecular weight is 478 g/mol. The standard InChI is InChI=1S/2K.2H2O4S.Pb/c;;2*1-5(2,3)4;/h;;2*(H2,1,2,3,4);/q2*+1;;;+2/p-4. The quantitative estimate of drug-likeness (QED) is 0.189. The molecule has 0 N–H and O–H groups in total. The predicted octanol–water partition coefficient (Wildman–Crippen LogP) is -9.05. The Morgan fingerprint density at radius 2 is 0.615 bits per heavy atom. The summed E-state index contributed by atoms with van der Waals surface area (Å²) >= 11 is 0. The molecule has 2 radical (unpaired) electrons. The van der Waals surface area contributed by atoms with Crippen LogP contribution >= 0.6 is 0 Å². The number of hydrogen-bond acceptors (Lipinski definition) is 8. The molecule has 0 bridgehead atoms. The van der Waals surface area contributed by atoms with Gasteiger partial charge in [-0.1, -0.05) is 0 Å².